The van der Waals surface area contributed by atoms with Crippen molar-refractivity contribution in [3.63, 3.8) is 0 Å². The van der Waals surface area contributed by atoms with Crippen LogP contribution in [0, 0.1) is 0 Å². The first kappa shape index (κ1) is 12.1. The summed E-state index contributed by atoms with van der Waals surface area (Å²) in [4.78, 5) is 12.6. The number of para-hydroxylation sites is 1. The summed E-state index contributed by atoms with van der Waals surface area (Å²) in [5, 5.41) is 3.36. The van der Waals surface area contributed by atoms with Gasteiger partial charge in [-0.1, -0.05) is 19.1 Å². The van der Waals surface area contributed by atoms with Crippen LogP contribution in [0.4, 0.5) is 0 Å². The molecular formula is C14H19NO2. The Kier molecular flexibility index (Phi) is 3.48. The predicted molar refractivity (Wildman–Crippen MR) is 67.6 cm³/mol. The number of benzene rings is 1. The van der Waals surface area contributed by atoms with E-state index in [2.05, 4.69) is 12.2 Å². The predicted octanol–water partition coefficient (Wildman–Crippen LogP) is 2.41. The maximum Gasteiger partial charge on any atom is 0.186 e. The third-order valence-electron chi connectivity index (χ3n) is 3.63. The molecule has 0 spiro atoms. The molecule has 1 unspecified atom stereocenters. The van der Waals surface area contributed by atoms with Gasteiger partial charge in [0.2, 0.25) is 0 Å². The van der Waals surface area contributed by atoms with Crippen molar-refractivity contribution in [2.45, 2.75) is 31.7 Å². The van der Waals surface area contributed by atoms with Crippen molar-refractivity contribution >= 4 is 5.78 Å². The van der Waals surface area contributed by atoms with E-state index in [1.165, 1.54) is 0 Å². The molecule has 0 radical (unpaired) electrons. The Balaban J connectivity index is 2.35. The van der Waals surface area contributed by atoms with Gasteiger partial charge in [0.25, 0.3) is 0 Å². The third-order valence-corrected chi connectivity index (χ3v) is 3.63. The molecule has 1 saturated heterocycles. The van der Waals surface area contributed by atoms with Crippen LogP contribution < -0.4 is 10.1 Å². The zero-order chi connectivity index (χ0) is 12.3. The van der Waals surface area contributed by atoms with Crippen LogP contribution in [0.1, 0.15) is 36.5 Å². The van der Waals surface area contributed by atoms with E-state index < -0.39 is 0 Å². The zero-order valence-electron chi connectivity index (χ0n) is 10.5. The van der Waals surface area contributed by atoms with Crippen molar-refractivity contribution in [3.8, 4) is 5.75 Å². The lowest BCUT2D eigenvalue weighted by molar-refractivity contribution is 0.0860. The van der Waals surface area contributed by atoms with Gasteiger partial charge in [0, 0.05) is 0 Å². The first-order chi connectivity index (χ1) is 8.23. The lowest BCUT2D eigenvalue weighted by atomic mass is 9.85. The zero-order valence-corrected chi connectivity index (χ0v) is 10.5. The number of ether oxygens (including phenoxy) is 1. The van der Waals surface area contributed by atoms with Gasteiger partial charge in [-0.25, -0.2) is 0 Å². The van der Waals surface area contributed by atoms with E-state index in [-0.39, 0.29) is 11.3 Å². The molecule has 92 valence electrons. The summed E-state index contributed by atoms with van der Waals surface area (Å²) in [6, 6.07) is 7.45. The highest BCUT2D eigenvalue weighted by molar-refractivity contribution is 6.05. The lowest BCUT2D eigenvalue weighted by Gasteiger charge is -2.27. The number of hydrogen-bond acceptors (Lipinski definition) is 3. The van der Waals surface area contributed by atoms with Gasteiger partial charge in [-0.05, 0) is 37.9 Å². The minimum absolute atomic E-state index is 0.162. The van der Waals surface area contributed by atoms with Crippen molar-refractivity contribution in [2.24, 2.45) is 0 Å². The van der Waals surface area contributed by atoms with Crippen LogP contribution in [0.2, 0.25) is 0 Å². The molecule has 1 fully saturated rings. The highest BCUT2D eigenvalue weighted by atomic mass is 16.5. The van der Waals surface area contributed by atoms with E-state index in [9.17, 15) is 4.79 Å². The van der Waals surface area contributed by atoms with Crippen LogP contribution in [0.25, 0.3) is 0 Å². The molecule has 2 rings (SSSR count). The quantitative estimate of drug-likeness (QED) is 0.812. The van der Waals surface area contributed by atoms with Crippen LogP contribution in [0.15, 0.2) is 24.3 Å². The highest BCUT2D eigenvalue weighted by Gasteiger charge is 2.40. The molecule has 0 amide bonds. The third kappa shape index (κ3) is 2.07. The van der Waals surface area contributed by atoms with Crippen LogP contribution in [-0.4, -0.2) is 25.0 Å². The SMILES string of the molecule is CCC1(C(=O)c2ccccc2OC)CCCN1. The molecule has 1 aliphatic heterocycles. The van der Waals surface area contributed by atoms with Crippen molar-refractivity contribution in [2.75, 3.05) is 13.7 Å². The van der Waals surface area contributed by atoms with E-state index in [1.54, 1.807) is 7.11 Å². The Morgan fingerprint density at radius 2 is 2.24 bits per heavy atom. The van der Waals surface area contributed by atoms with Crippen LogP contribution in [0.3, 0.4) is 0 Å². The second-order valence-electron chi connectivity index (χ2n) is 4.50. The molecule has 1 aliphatic rings. The van der Waals surface area contributed by atoms with Gasteiger partial charge in [-0.15, -0.1) is 0 Å². The van der Waals surface area contributed by atoms with Crippen molar-refractivity contribution in [3.05, 3.63) is 29.8 Å². The minimum atomic E-state index is -0.380. The van der Waals surface area contributed by atoms with E-state index in [0.29, 0.717) is 11.3 Å². The Morgan fingerprint density at radius 1 is 1.47 bits per heavy atom. The summed E-state index contributed by atoms with van der Waals surface area (Å²) in [5.41, 5.74) is 0.306. The summed E-state index contributed by atoms with van der Waals surface area (Å²) in [6.45, 7) is 2.99. The van der Waals surface area contributed by atoms with Gasteiger partial charge >= 0.3 is 0 Å². The number of methoxy groups -OCH3 is 1. The van der Waals surface area contributed by atoms with E-state index >= 15 is 0 Å². The van der Waals surface area contributed by atoms with Crippen molar-refractivity contribution in [1.29, 1.82) is 0 Å². The van der Waals surface area contributed by atoms with Gasteiger partial charge in [0.15, 0.2) is 5.78 Å². The molecule has 1 heterocycles. The molecule has 1 aromatic carbocycles. The second-order valence-corrected chi connectivity index (χ2v) is 4.50. The van der Waals surface area contributed by atoms with Crippen LogP contribution >= 0.6 is 0 Å². The number of nitrogens with one attached hydrogen (secondary N) is 1. The number of carbonyl (C=O) groups excluding carboxylic acids is 1. The minimum Gasteiger partial charge on any atom is -0.496 e. The maximum absolute atomic E-state index is 12.6. The molecule has 0 aliphatic carbocycles. The van der Waals surface area contributed by atoms with E-state index in [1.807, 2.05) is 24.3 Å². The first-order valence-electron chi connectivity index (χ1n) is 6.16. The average Bonchev–Trinajstić information content (AvgIpc) is 2.88. The molecule has 1 atom stereocenters. The fraction of sp³-hybridized carbons (Fsp3) is 0.500. The number of ketones is 1. The Labute approximate surface area is 102 Å². The summed E-state index contributed by atoms with van der Waals surface area (Å²) < 4.78 is 5.27. The summed E-state index contributed by atoms with van der Waals surface area (Å²) in [7, 11) is 1.60. The summed E-state index contributed by atoms with van der Waals surface area (Å²) >= 11 is 0. The summed E-state index contributed by atoms with van der Waals surface area (Å²) in [6.07, 6.45) is 2.80. The molecule has 0 bridgehead atoms. The Hall–Kier alpha value is -1.35. The molecule has 3 nitrogen and oxygen atoms in total. The van der Waals surface area contributed by atoms with Gasteiger partial charge in [0.05, 0.1) is 18.2 Å². The van der Waals surface area contributed by atoms with Gasteiger partial charge in [0.1, 0.15) is 5.75 Å². The molecule has 1 N–H and O–H groups in total. The number of rotatable bonds is 4. The molecule has 1 aromatic rings. The fourth-order valence-electron chi connectivity index (χ4n) is 2.55. The standard InChI is InChI=1S/C14H19NO2/c1-3-14(9-6-10-15-14)13(16)11-7-4-5-8-12(11)17-2/h4-5,7-8,15H,3,6,9-10H2,1-2H3. The maximum atomic E-state index is 12.6. The largest absolute Gasteiger partial charge is 0.496 e. The number of hydrogen-bond donors (Lipinski definition) is 1. The summed E-state index contributed by atoms with van der Waals surface area (Å²) in [5.74, 6) is 0.828. The van der Waals surface area contributed by atoms with Crippen LogP contribution in [0.5, 0.6) is 5.75 Å². The Bertz CT molecular complexity index is 408. The number of Topliss-reactive ketones (excluding diaryl/α,β-unsaturated/α-hetero) is 1. The molecule has 3 heteroatoms. The number of carbonyl (C=O) groups is 1. The molecule has 0 aromatic heterocycles. The van der Waals surface area contributed by atoms with Crippen molar-refractivity contribution in [1.82, 2.24) is 5.32 Å². The first-order valence-corrected chi connectivity index (χ1v) is 6.16. The van der Waals surface area contributed by atoms with E-state index in [4.69, 9.17) is 4.74 Å². The van der Waals surface area contributed by atoms with Gasteiger partial charge < -0.3 is 10.1 Å². The second kappa shape index (κ2) is 4.88. The Morgan fingerprint density at radius 3 is 2.82 bits per heavy atom. The fourth-order valence-corrected chi connectivity index (χ4v) is 2.55. The smallest absolute Gasteiger partial charge is 0.186 e. The van der Waals surface area contributed by atoms with Gasteiger partial charge in [-0.2, -0.15) is 0 Å². The molecule has 0 saturated carbocycles. The average molecular weight is 233 g/mol. The molecule has 17 heavy (non-hydrogen) atoms. The van der Waals surface area contributed by atoms with Gasteiger partial charge in [-0.3, -0.25) is 4.79 Å². The molecular weight excluding hydrogens is 214 g/mol. The monoisotopic (exact) mass is 233 g/mol. The highest BCUT2D eigenvalue weighted by Crippen LogP contribution is 2.30. The normalized spacial score (nSPS) is 23.6. The van der Waals surface area contributed by atoms with Crippen molar-refractivity contribution < 1.29 is 9.53 Å². The lowest BCUT2D eigenvalue weighted by Crippen LogP contribution is -2.47. The topological polar surface area (TPSA) is 38.3 Å². The van der Waals surface area contributed by atoms with Crippen LogP contribution in [-0.2, 0) is 0 Å². The van der Waals surface area contributed by atoms with E-state index in [0.717, 1.165) is 25.8 Å².